The van der Waals surface area contributed by atoms with Crippen LogP contribution in [0.3, 0.4) is 0 Å². The monoisotopic (exact) mass is 452 g/mol. The number of benzene rings is 3. The van der Waals surface area contributed by atoms with E-state index in [1.165, 1.54) is 30.5 Å². The quantitative estimate of drug-likeness (QED) is 0.469. The maximum atomic E-state index is 12.9. The third kappa shape index (κ3) is 6.45. The number of hydrogen-bond donors (Lipinski definition) is 1. The van der Waals surface area contributed by atoms with Gasteiger partial charge in [0.15, 0.2) is 0 Å². The Bertz CT molecular complexity index is 1060. The van der Waals surface area contributed by atoms with Crippen LogP contribution in [0.5, 0.6) is 0 Å². The van der Waals surface area contributed by atoms with Gasteiger partial charge in [0.1, 0.15) is 0 Å². The van der Waals surface area contributed by atoms with Gasteiger partial charge >= 0.3 is 6.18 Å². The van der Waals surface area contributed by atoms with Gasteiger partial charge in [-0.15, -0.1) is 0 Å². The largest absolute Gasteiger partial charge is 0.416 e. The molecule has 1 aliphatic heterocycles. The van der Waals surface area contributed by atoms with Crippen molar-refractivity contribution in [3.05, 3.63) is 101 Å². The van der Waals surface area contributed by atoms with Crippen molar-refractivity contribution < 1.29 is 18.0 Å². The molecular formula is C27H27F3N2O. The molecule has 0 unspecified atom stereocenters. The van der Waals surface area contributed by atoms with E-state index in [1.807, 2.05) is 18.2 Å². The van der Waals surface area contributed by atoms with E-state index >= 15 is 0 Å². The molecule has 4 rings (SSSR count). The molecule has 1 aliphatic rings. The van der Waals surface area contributed by atoms with Gasteiger partial charge in [0.05, 0.1) is 5.56 Å². The summed E-state index contributed by atoms with van der Waals surface area (Å²) in [4.78, 5) is 14.9. The number of rotatable bonds is 6. The molecule has 3 aromatic carbocycles. The van der Waals surface area contributed by atoms with Gasteiger partial charge in [-0.1, -0.05) is 48.5 Å². The first-order chi connectivity index (χ1) is 15.9. The number of nitrogens with zero attached hydrogens (tertiary/aromatic N) is 1. The average molecular weight is 453 g/mol. The third-order valence-corrected chi connectivity index (χ3v) is 6.14. The number of alkyl halides is 3. The Morgan fingerprint density at radius 2 is 1.58 bits per heavy atom. The van der Waals surface area contributed by atoms with E-state index in [9.17, 15) is 18.0 Å². The Kier molecular flexibility index (Phi) is 7.14. The van der Waals surface area contributed by atoms with Crippen LogP contribution in [-0.2, 0) is 19.1 Å². The van der Waals surface area contributed by atoms with Gasteiger partial charge in [-0.25, -0.2) is 0 Å². The molecule has 172 valence electrons. The Morgan fingerprint density at radius 3 is 2.24 bits per heavy atom. The number of nitrogens with one attached hydrogen (secondary N) is 1. The highest BCUT2D eigenvalue weighted by Crippen LogP contribution is 2.30. The van der Waals surface area contributed by atoms with Gasteiger partial charge in [0.25, 0.3) is 5.91 Å². The second-order valence-electron chi connectivity index (χ2n) is 8.64. The molecule has 1 saturated heterocycles. The maximum absolute atomic E-state index is 12.9. The van der Waals surface area contributed by atoms with E-state index in [0.717, 1.165) is 43.8 Å². The molecule has 3 aromatic rings. The van der Waals surface area contributed by atoms with Crippen LogP contribution in [0.15, 0.2) is 78.9 Å². The van der Waals surface area contributed by atoms with E-state index in [0.29, 0.717) is 11.5 Å². The van der Waals surface area contributed by atoms with Gasteiger partial charge < -0.3 is 5.32 Å². The molecule has 1 fully saturated rings. The zero-order chi connectivity index (χ0) is 23.3. The van der Waals surface area contributed by atoms with Gasteiger partial charge in [-0.3, -0.25) is 9.69 Å². The Morgan fingerprint density at radius 1 is 0.879 bits per heavy atom. The molecule has 6 heteroatoms. The first-order valence-corrected chi connectivity index (χ1v) is 11.2. The lowest BCUT2D eigenvalue weighted by molar-refractivity contribution is -0.137. The summed E-state index contributed by atoms with van der Waals surface area (Å²) in [6, 6.07) is 22.5. The minimum absolute atomic E-state index is 0.122. The average Bonchev–Trinajstić information content (AvgIpc) is 2.81. The first-order valence-electron chi connectivity index (χ1n) is 11.2. The van der Waals surface area contributed by atoms with Crippen molar-refractivity contribution in [3.8, 4) is 0 Å². The Labute approximate surface area is 192 Å². The van der Waals surface area contributed by atoms with Crippen LogP contribution >= 0.6 is 0 Å². The van der Waals surface area contributed by atoms with Crippen LogP contribution in [0, 0.1) is 5.92 Å². The van der Waals surface area contributed by atoms with Gasteiger partial charge in [0, 0.05) is 17.8 Å². The van der Waals surface area contributed by atoms with Crippen LogP contribution < -0.4 is 5.32 Å². The Balaban J connectivity index is 1.28. The predicted octanol–water partition coefficient (Wildman–Crippen LogP) is 6.41. The van der Waals surface area contributed by atoms with Crippen molar-refractivity contribution in [2.45, 2.75) is 32.0 Å². The molecule has 1 heterocycles. The molecule has 1 amide bonds. The lowest BCUT2D eigenvalue weighted by Crippen LogP contribution is -2.33. The minimum Gasteiger partial charge on any atom is -0.322 e. The van der Waals surface area contributed by atoms with Crippen molar-refractivity contribution in [3.63, 3.8) is 0 Å². The number of anilines is 1. The van der Waals surface area contributed by atoms with Crippen molar-refractivity contribution >= 4 is 11.6 Å². The molecule has 0 aromatic heterocycles. The molecule has 0 atom stereocenters. The summed E-state index contributed by atoms with van der Waals surface area (Å²) in [5.74, 6) is 0.285. The lowest BCUT2D eigenvalue weighted by atomic mass is 9.90. The summed E-state index contributed by atoms with van der Waals surface area (Å²) in [6.45, 7) is 2.93. The standard InChI is InChI=1S/C27H27F3N2O/c28-27(29,30)24-7-4-8-25(18-24)31-26(33)23-11-9-22(10-12-23)19-32-15-13-21(14-16-32)17-20-5-2-1-3-6-20/h1-12,18,21H,13-17,19H2,(H,31,33). The molecule has 1 N–H and O–H groups in total. The molecule has 0 spiro atoms. The van der Waals surface area contributed by atoms with Gasteiger partial charge in [-0.2, -0.15) is 13.2 Å². The molecule has 0 saturated carbocycles. The zero-order valence-corrected chi connectivity index (χ0v) is 18.3. The number of hydrogen-bond acceptors (Lipinski definition) is 2. The molecule has 3 nitrogen and oxygen atoms in total. The minimum atomic E-state index is -4.45. The lowest BCUT2D eigenvalue weighted by Gasteiger charge is -2.32. The van der Waals surface area contributed by atoms with E-state index in [1.54, 1.807) is 12.1 Å². The van der Waals surface area contributed by atoms with Crippen LogP contribution in [0.25, 0.3) is 0 Å². The molecule has 0 radical (unpaired) electrons. The summed E-state index contributed by atoms with van der Waals surface area (Å²) >= 11 is 0. The second-order valence-corrected chi connectivity index (χ2v) is 8.64. The van der Waals surface area contributed by atoms with Crippen molar-refractivity contribution in [1.29, 1.82) is 0 Å². The van der Waals surface area contributed by atoms with Crippen molar-refractivity contribution in [1.82, 2.24) is 4.90 Å². The third-order valence-electron chi connectivity index (χ3n) is 6.14. The molecule has 33 heavy (non-hydrogen) atoms. The summed E-state index contributed by atoms with van der Waals surface area (Å²) in [7, 11) is 0. The molecule has 0 aliphatic carbocycles. The highest BCUT2D eigenvalue weighted by molar-refractivity contribution is 6.04. The summed E-state index contributed by atoms with van der Waals surface area (Å²) in [6.07, 6.45) is -0.971. The smallest absolute Gasteiger partial charge is 0.322 e. The van der Waals surface area contributed by atoms with Crippen molar-refractivity contribution in [2.24, 2.45) is 5.92 Å². The van der Waals surface area contributed by atoms with Crippen LogP contribution in [0.1, 0.15) is 39.9 Å². The predicted molar refractivity (Wildman–Crippen MR) is 124 cm³/mol. The number of likely N-dealkylation sites (tertiary alicyclic amines) is 1. The van der Waals surface area contributed by atoms with Crippen molar-refractivity contribution in [2.75, 3.05) is 18.4 Å². The number of carbonyl (C=O) groups is 1. The zero-order valence-electron chi connectivity index (χ0n) is 18.3. The fraction of sp³-hybridized carbons (Fsp3) is 0.296. The highest BCUT2D eigenvalue weighted by Gasteiger charge is 2.30. The summed E-state index contributed by atoms with van der Waals surface area (Å²) < 4.78 is 38.6. The van der Waals surface area contributed by atoms with E-state index in [4.69, 9.17) is 0 Å². The maximum Gasteiger partial charge on any atom is 0.416 e. The summed E-state index contributed by atoms with van der Waals surface area (Å²) in [5, 5.41) is 2.55. The number of halogens is 3. The van der Waals surface area contributed by atoms with Gasteiger partial charge in [0.2, 0.25) is 0 Å². The Hall–Kier alpha value is -3.12. The van der Waals surface area contributed by atoms with E-state index < -0.39 is 17.6 Å². The topological polar surface area (TPSA) is 32.3 Å². The summed E-state index contributed by atoms with van der Waals surface area (Å²) in [5.41, 5.74) is 2.26. The fourth-order valence-corrected chi connectivity index (χ4v) is 4.29. The normalized spacial score (nSPS) is 15.4. The first kappa shape index (κ1) is 23.1. The number of piperidine rings is 1. The van der Waals surface area contributed by atoms with E-state index in [2.05, 4.69) is 34.5 Å². The van der Waals surface area contributed by atoms with Crippen LogP contribution in [-0.4, -0.2) is 23.9 Å². The SMILES string of the molecule is O=C(Nc1cccc(C(F)(F)F)c1)c1ccc(CN2CCC(Cc3ccccc3)CC2)cc1. The second kappa shape index (κ2) is 10.2. The van der Waals surface area contributed by atoms with Crippen LogP contribution in [0.2, 0.25) is 0 Å². The molecular weight excluding hydrogens is 425 g/mol. The number of carbonyl (C=O) groups excluding carboxylic acids is 1. The van der Waals surface area contributed by atoms with E-state index in [-0.39, 0.29) is 5.69 Å². The van der Waals surface area contributed by atoms with Gasteiger partial charge in [-0.05, 0) is 79.7 Å². The highest BCUT2D eigenvalue weighted by atomic mass is 19.4. The van der Waals surface area contributed by atoms with Crippen LogP contribution in [0.4, 0.5) is 18.9 Å². The molecule has 0 bridgehead atoms. The fourth-order valence-electron chi connectivity index (χ4n) is 4.29. The number of amides is 1.